The summed E-state index contributed by atoms with van der Waals surface area (Å²) < 4.78 is 0. The fourth-order valence-electron chi connectivity index (χ4n) is 4.23. The second-order valence-corrected chi connectivity index (χ2v) is 7.19. The standard InChI is InChI=1S/C19H30N2/c1-5-21(19-10-17-6-7-18(11-19)20-17)12-16-9-14(3)13(2)8-15(16)4/h8-9,17-20H,5-7,10-12H2,1-4H3. The minimum Gasteiger partial charge on any atom is -0.311 e. The Balaban J connectivity index is 1.74. The molecule has 1 aromatic rings. The summed E-state index contributed by atoms with van der Waals surface area (Å²) in [4.78, 5) is 2.71. The summed E-state index contributed by atoms with van der Waals surface area (Å²) in [5.74, 6) is 0. The lowest BCUT2D eigenvalue weighted by Gasteiger charge is -2.37. The first kappa shape index (κ1) is 15.1. The highest BCUT2D eigenvalue weighted by molar-refractivity contribution is 5.36. The van der Waals surface area contributed by atoms with Crippen LogP contribution in [-0.4, -0.2) is 29.6 Å². The van der Waals surface area contributed by atoms with Crippen LogP contribution in [-0.2, 0) is 6.54 Å². The van der Waals surface area contributed by atoms with Crippen molar-refractivity contribution < 1.29 is 0 Å². The minimum absolute atomic E-state index is 0.773. The van der Waals surface area contributed by atoms with Gasteiger partial charge in [-0.1, -0.05) is 19.1 Å². The zero-order valence-electron chi connectivity index (χ0n) is 14.1. The molecule has 2 aliphatic heterocycles. The van der Waals surface area contributed by atoms with Gasteiger partial charge < -0.3 is 5.32 Å². The maximum atomic E-state index is 3.76. The predicted octanol–water partition coefficient (Wildman–Crippen LogP) is 3.72. The number of fused-ring (bicyclic) bond motifs is 2. The van der Waals surface area contributed by atoms with Gasteiger partial charge in [-0.3, -0.25) is 4.90 Å². The van der Waals surface area contributed by atoms with E-state index in [1.54, 1.807) is 0 Å². The molecule has 21 heavy (non-hydrogen) atoms. The molecule has 2 saturated heterocycles. The van der Waals surface area contributed by atoms with Gasteiger partial charge in [0.05, 0.1) is 0 Å². The van der Waals surface area contributed by atoms with Gasteiger partial charge >= 0.3 is 0 Å². The van der Waals surface area contributed by atoms with Crippen molar-refractivity contribution in [3.05, 3.63) is 34.4 Å². The van der Waals surface area contributed by atoms with Gasteiger partial charge in [-0.2, -0.15) is 0 Å². The molecule has 2 bridgehead atoms. The van der Waals surface area contributed by atoms with Crippen molar-refractivity contribution in [2.75, 3.05) is 6.54 Å². The van der Waals surface area contributed by atoms with Crippen molar-refractivity contribution in [3.63, 3.8) is 0 Å². The molecule has 0 saturated carbocycles. The Morgan fingerprint density at radius 1 is 1.00 bits per heavy atom. The average Bonchev–Trinajstić information content (AvgIpc) is 2.80. The number of hydrogen-bond acceptors (Lipinski definition) is 2. The van der Waals surface area contributed by atoms with E-state index < -0.39 is 0 Å². The van der Waals surface area contributed by atoms with Gasteiger partial charge in [0.1, 0.15) is 0 Å². The van der Waals surface area contributed by atoms with E-state index in [0.29, 0.717) is 0 Å². The van der Waals surface area contributed by atoms with Gasteiger partial charge in [0.25, 0.3) is 0 Å². The molecule has 0 spiro atoms. The third-order valence-electron chi connectivity index (χ3n) is 5.70. The molecule has 2 heterocycles. The molecule has 2 aliphatic rings. The lowest BCUT2D eigenvalue weighted by molar-refractivity contribution is 0.140. The van der Waals surface area contributed by atoms with Crippen molar-refractivity contribution in [1.29, 1.82) is 0 Å². The molecule has 2 unspecified atom stereocenters. The van der Waals surface area contributed by atoms with Crippen molar-refractivity contribution in [3.8, 4) is 0 Å². The number of aryl methyl sites for hydroxylation is 3. The molecular weight excluding hydrogens is 256 g/mol. The number of benzene rings is 1. The van der Waals surface area contributed by atoms with E-state index >= 15 is 0 Å². The lowest BCUT2D eigenvalue weighted by atomic mass is 9.96. The van der Waals surface area contributed by atoms with Crippen LogP contribution in [0.15, 0.2) is 12.1 Å². The number of nitrogens with one attached hydrogen (secondary N) is 1. The van der Waals surface area contributed by atoms with Crippen molar-refractivity contribution in [1.82, 2.24) is 10.2 Å². The third-order valence-corrected chi connectivity index (χ3v) is 5.70. The number of nitrogens with zero attached hydrogens (tertiary/aromatic N) is 1. The first-order chi connectivity index (χ1) is 10.1. The molecule has 116 valence electrons. The summed E-state index contributed by atoms with van der Waals surface area (Å²) in [5, 5.41) is 3.76. The highest BCUT2D eigenvalue weighted by atomic mass is 15.2. The maximum Gasteiger partial charge on any atom is 0.0239 e. The summed E-state index contributed by atoms with van der Waals surface area (Å²) in [6.07, 6.45) is 5.46. The van der Waals surface area contributed by atoms with Gasteiger partial charge in [0.15, 0.2) is 0 Å². The minimum atomic E-state index is 0.773. The van der Waals surface area contributed by atoms with Crippen LogP contribution in [0.5, 0.6) is 0 Å². The van der Waals surface area contributed by atoms with E-state index in [1.165, 1.54) is 47.9 Å². The predicted molar refractivity (Wildman–Crippen MR) is 89.7 cm³/mol. The monoisotopic (exact) mass is 286 g/mol. The molecule has 0 amide bonds. The van der Waals surface area contributed by atoms with Crippen LogP contribution >= 0.6 is 0 Å². The van der Waals surface area contributed by atoms with Crippen molar-refractivity contribution in [2.24, 2.45) is 0 Å². The molecule has 0 radical (unpaired) electrons. The van der Waals surface area contributed by atoms with E-state index in [4.69, 9.17) is 0 Å². The van der Waals surface area contributed by atoms with Crippen LogP contribution < -0.4 is 5.32 Å². The Bertz CT molecular complexity index is 497. The Morgan fingerprint density at radius 2 is 1.62 bits per heavy atom. The molecule has 1 aromatic carbocycles. The van der Waals surface area contributed by atoms with Crippen LogP contribution in [0.1, 0.15) is 54.9 Å². The second kappa shape index (κ2) is 6.10. The fourth-order valence-corrected chi connectivity index (χ4v) is 4.23. The van der Waals surface area contributed by atoms with E-state index in [1.807, 2.05) is 0 Å². The third kappa shape index (κ3) is 3.17. The van der Waals surface area contributed by atoms with Gasteiger partial charge in [0.2, 0.25) is 0 Å². The van der Waals surface area contributed by atoms with Crippen LogP contribution in [0.2, 0.25) is 0 Å². The van der Waals surface area contributed by atoms with Crippen LogP contribution in [0.3, 0.4) is 0 Å². The normalized spacial score (nSPS) is 28.3. The van der Waals surface area contributed by atoms with E-state index in [-0.39, 0.29) is 0 Å². The SMILES string of the molecule is CCN(Cc1cc(C)c(C)cc1C)C1CC2CCC(C1)N2. The number of hydrogen-bond donors (Lipinski definition) is 1. The van der Waals surface area contributed by atoms with Gasteiger partial charge in [-0.15, -0.1) is 0 Å². The Kier molecular flexibility index (Phi) is 4.37. The quantitative estimate of drug-likeness (QED) is 0.907. The second-order valence-electron chi connectivity index (χ2n) is 7.19. The lowest BCUT2D eigenvalue weighted by Crippen LogP contribution is -2.48. The molecular formula is C19H30N2. The van der Waals surface area contributed by atoms with E-state index in [9.17, 15) is 0 Å². The number of piperidine rings is 1. The molecule has 3 rings (SSSR count). The number of rotatable bonds is 4. The van der Waals surface area contributed by atoms with E-state index in [0.717, 1.165) is 31.2 Å². The summed E-state index contributed by atoms with van der Waals surface area (Å²) in [6, 6.07) is 7.09. The summed E-state index contributed by atoms with van der Waals surface area (Å²) >= 11 is 0. The Morgan fingerprint density at radius 3 is 2.24 bits per heavy atom. The van der Waals surface area contributed by atoms with Crippen molar-refractivity contribution >= 4 is 0 Å². The smallest absolute Gasteiger partial charge is 0.0239 e. The highest BCUT2D eigenvalue weighted by Crippen LogP contribution is 2.30. The molecule has 2 atom stereocenters. The molecule has 0 aromatic heterocycles. The molecule has 2 fully saturated rings. The topological polar surface area (TPSA) is 15.3 Å². The van der Waals surface area contributed by atoms with Crippen LogP contribution in [0, 0.1) is 20.8 Å². The Labute approximate surface area is 129 Å². The average molecular weight is 286 g/mol. The van der Waals surface area contributed by atoms with Gasteiger partial charge in [0, 0.05) is 24.7 Å². The first-order valence-corrected chi connectivity index (χ1v) is 8.63. The zero-order valence-corrected chi connectivity index (χ0v) is 14.1. The van der Waals surface area contributed by atoms with Crippen LogP contribution in [0.25, 0.3) is 0 Å². The first-order valence-electron chi connectivity index (χ1n) is 8.63. The van der Waals surface area contributed by atoms with Crippen molar-refractivity contribution in [2.45, 2.75) is 78.0 Å². The Hall–Kier alpha value is -0.860. The summed E-state index contributed by atoms with van der Waals surface area (Å²) in [7, 11) is 0. The van der Waals surface area contributed by atoms with E-state index in [2.05, 4.69) is 50.0 Å². The molecule has 2 heteroatoms. The molecule has 2 nitrogen and oxygen atoms in total. The zero-order chi connectivity index (χ0) is 15.0. The van der Waals surface area contributed by atoms with Gasteiger partial charge in [-0.25, -0.2) is 0 Å². The molecule has 0 aliphatic carbocycles. The molecule has 1 N–H and O–H groups in total. The largest absolute Gasteiger partial charge is 0.311 e. The van der Waals surface area contributed by atoms with Gasteiger partial charge in [-0.05, 0) is 75.3 Å². The fraction of sp³-hybridized carbons (Fsp3) is 0.684. The highest BCUT2D eigenvalue weighted by Gasteiger charge is 2.35. The maximum absolute atomic E-state index is 3.76. The summed E-state index contributed by atoms with van der Waals surface area (Å²) in [6.45, 7) is 11.3. The van der Waals surface area contributed by atoms with Crippen LogP contribution in [0.4, 0.5) is 0 Å². The summed E-state index contributed by atoms with van der Waals surface area (Å²) in [5.41, 5.74) is 5.82.